The van der Waals surface area contributed by atoms with E-state index in [9.17, 15) is 14.9 Å². The molecule has 0 aliphatic carbocycles. The maximum Gasteiger partial charge on any atom is 0.320 e. The molecule has 8 heteroatoms. The number of nitro benzene ring substituents is 1. The lowest BCUT2D eigenvalue weighted by Crippen LogP contribution is -2.47. The minimum atomic E-state index is -0.457. The van der Waals surface area contributed by atoms with Crippen molar-refractivity contribution in [2.75, 3.05) is 39.5 Å². The molecule has 1 aromatic rings. The molecule has 2 rings (SSSR count). The topological polar surface area (TPSA) is 91.1 Å². The number of nitrogens with zero attached hydrogens (tertiary/aromatic N) is 2. The van der Waals surface area contributed by atoms with Crippen molar-refractivity contribution in [3.8, 4) is 5.75 Å². The van der Waals surface area contributed by atoms with Crippen LogP contribution in [-0.4, -0.2) is 61.4 Å². The molecular formula is C15H20N2O6. The number of morpholine rings is 1. The first kappa shape index (κ1) is 17.2. The lowest BCUT2D eigenvalue weighted by molar-refractivity contribution is -0.384. The fourth-order valence-corrected chi connectivity index (χ4v) is 2.27. The second kappa shape index (κ2) is 8.44. The number of rotatable bonds is 7. The van der Waals surface area contributed by atoms with Crippen molar-refractivity contribution < 1.29 is 23.9 Å². The Hall–Kier alpha value is -2.19. The molecule has 1 saturated heterocycles. The molecule has 126 valence electrons. The van der Waals surface area contributed by atoms with E-state index in [-0.39, 0.29) is 24.3 Å². The van der Waals surface area contributed by atoms with E-state index in [0.29, 0.717) is 38.7 Å². The summed E-state index contributed by atoms with van der Waals surface area (Å²) in [5, 5.41) is 10.6. The summed E-state index contributed by atoms with van der Waals surface area (Å²) in [7, 11) is 0. The van der Waals surface area contributed by atoms with E-state index >= 15 is 0 Å². The highest BCUT2D eigenvalue weighted by Gasteiger charge is 2.23. The second-order valence-corrected chi connectivity index (χ2v) is 5.09. The van der Waals surface area contributed by atoms with E-state index in [1.807, 2.05) is 4.90 Å². The molecule has 0 bridgehead atoms. The van der Waals surface area contributed by atoms with Crippen LogP contribution < -0.4 is 4.74 Å². The normalized spacial score (nSPS) is 18.4. The van der Waals surface area contributed by atoms with Gasteiger partial charge in [0.05, 0.1) is 24.7 Å². The van der Waals surface area contributed by atoms with E-state index < -0.39 is 4.92 Å². The third kappa shape index (κ3) is 5.50. The van der Waals surface area contributed by atoms with Gasteiger partial charge in [0, 0.05) is 25.2 Å². The van der Waals surface area contributed by atoms with Crippen molar-refractivity contribution in [1.29, 1.82) is 0 Å². The van der Waals surface area contributed by atoms with Crippen LogP contribution in [0, 0.1) is 10.1 Å². The predicted molar refractivity (Wildman–Crippen MR) is 81.4 cm³/mol. The van der Waals surface area contributed by atoms with Crippen molar-refractivity contribution >= 4 is 11.7 Å². The molecule has 0 N–H and O–H groups in total. The molecule has 8 nitrogen and oxygen atoms in total. The molecule has 23 heavy (non-hydrogen) atoms. The summed E-state index contributed by atoms with van der Waals surface area (Å²) in [6.07, 6.45) is -0.159. The van der Waals surface area contributed by atoms with Gasteiger partial charge in [-0.05, 0) is 19.1 Å². The quantitative estimate of drug-likeness (QED) is 0.423. The molecule has 1 aliphatic heterocycles. The number of esters is 1. The summed E-state index contributed by atoms with van der Waals surface area (Å²) in [5.41, 5.74) is 0.0203. The van der Waals surface area contributed by atoms with Crippen LogP contribution in [0.25, 0.3) is 0 Å². The highest BCUT2D eigenvalue weighted by atomic mass is 16.6. The van der Waals surface area contributed by atoms with Gasteiger partial charge in [-0.15, -0.1) is 0 Å². The first-order valence-electron chi connectivity index (χ1n) is 7.45. The molecule has 0 unspecified atom stereocenters. The highest BCUT2D eigenvalue weighted by Crippen LogP contribution is 2.18. The first-order chi connectivity index (χ1) is 11.1. The number of carbonyl (C=O) groups excluding carboxylic acids is 1. The van der Waals surface area contributed by atoms with Crippen molar-refractivity contribution in [2.24, 2.45) is 0 Å². The van der Waals surface area contributed by atoms with Gasteiger partial charge in [-0.3, -0.25) is 19.8 Å². The minimum Gasteiger partial charge on any atom is -0.491 e. The van der Waals surface area contributed by atoms with Crippen LogP contribution in [0.5, 0.6) is 5.75 Å². The van der Waals surface area contributed by atoms with Gasteiger partial charge in [0.2, 0.25) is 0 Å². The van der Waals surface area contributed by atoms with Crippen LogP contribution in [0.2, 0.25) is 0 Å². The Balaban J connectivity index is 1.78. The number of nitro groups is 1. The van der Waals surface area contributed by atoms with E-state index in [1.165, 1.54) is 12.1 Å². The largest absolute Gasteiger partial charge is 0.491 e. The maximum atomic E-state index is 11.5. The number of benzene rings is 1. The third-order valence-corrected chi connectivity index (χ3v) is 3.36. The van der Waals surface area contributed by atoms with Gasteiger partial charge in [0.15, 0.2) is 0 Å². The SMILES string of the molecule is CCOC(=O)CN1CCO[C@H](COc2ccc([N+](=O)[O-])cc2)C1. The van der Waals surface area contributed by atoms with E-state index in [4.69, 9.17) is 14.2 Å². The molecule has 0 radical (unpaired) electrons. The second-order valence-electron chi connectivity index (χ2n) is 5.09. The summed E-state index contributed by atoms with van der Waals surface area (Å²) >= 11 is 0. The lowest BCUT2D eigenvalue weighted by Gasteiger charge is -2.31. The minimum absolute atomic E-state index is 0.0203. The summed E-state index contributed by atoms with van der Waals surface area (Å²) < 4.78 is 16.1. The Morgan fingerprint density at radius 2 is 2.17 bits per heavy atom. The van der Waals surface area contributed by atoms with Gasteiger partial charge in [0.1, 0.15) is 18.5 Å². The van der Waals surface area contributed by atoms with Crippen molar-refractivity contribution in [3.63, 3.8) is 0 Å². The zero-order valence-corrected chi connectivity index (χ0v) is 13.0. The average Bonchev–Trinajstić information content (AvgIpc) is 2.54. The van der Waals surface area contributed by atoms with Gasteiger partial charge >= 0.3 is 5.97 Å². The summed E-state index contributed by atoms with van der Waals surface area (Å²) in [6, 6.07) is 5.89. The Bertz CT molecular complexity index is 533. The van der Waals surface area contributed by atoms with E-state index in [0.717, 1.165) is 0 Å². The number of ether oxygens (including phenoxy) is 3. The Morgan fingerprint density at radius 3 is 2.83 bits per heavy atom. The Morgan fingerprint density at radius 1 is 1.43 bits per heavy atom. The highest BCUT2D eigenvalue weighted by molar-refractivity contribution is 5.71. The van der Waals surface area contributed by atoms with E-state index in [1.54, 1.807) is 19.1 Å². The van der Waals surface area contributed by atoms with Crippen molar-refractivity contribution in [2.45, 2.75) is 13.0 Å². The van der Waals surface area contributed by atoms with Crippen molar-refractivity contribution in [1.82, 2.24) is 4.90 Å². The number of carbonyl (C=O) groups is 1. The molecule has 0 saturated carbocycles. The monoisotopic (exact) mass is 324 g/mol. The lowest BCUT2D eigenvalue weighted by atomic mass is 10.2. The van der Waals surface area contributed by atoms with Crippen LogP contribution >= 0.6 is 0 Å². The maximum absolute atomic E-state index is 11.5. The molecule has 1 aliphatic rings. The van der Waals surface area contributed by atoms with Gasteiger partial charge < -0.3 is 14.2 Å². The standard InChI is InChI=1S/C15H20N2O6/c1-2-21-15(18)10-16-7-8-22-14(9-16)11-23-13-5-3-12(4-6-13)17(19)20/h3-6,14H,2,7-11H2,1H3/t14-/m0/s1. The summed E-state index contributed by atoms with van der Waals surface area (Å²) in [5.74, 6) is 0.297. The molecule has 1 atom stereocenters. The van der Waals surface area contributed by atoms with Crippen LogP contribution in [0.3, 0.4) is 0 Å². The predicted octanol–water partition coefficient (Wildman–Crippen LogP) is 1.24. The first-order valence-corrected chi connectivity index (χ1v) is 7.45. The molecule has 1 fully saturated rings. The van der Waals surface area contributed by atoms with Crippen LogP contribution in [-0.2, 0) is 14.3 Å². The molecular weight excluding hydrogens is 304 g/mol. The number of hydrogen-bond acceptors (Lipinski definition) is 7. The van der Waals surface area contributed by atoms with Crippen molar-refractivity contribution in [3.05, 3.63) is 34.4 Å². The Kier molecular flexibility index (Phi) is 6.30. The zero-order chi connectivity index (χ0) is 16.7. The van der Waals surface area contributed by atoms with Crippen LogP contribution in [0.4, 0.5) is 5.69 Å². The fourth-order valence-electron chi connectivity index (χ4n) is 2.27. The number of hydrogen-bond donors (Lipinski definition) is 0. The van der Waals surface area contributed by atoms with Gasteiger partial charge in [-0.25, -0.2) is 0 Å². The molecule has 0 spiro atoms. The third-order valence-electron chi connectivity index (χ3n) is 3.36. The smallest absolute Gasteiger partial charge is 0.320 e. The molecule has 1 aromatic carbocycles. The average molecular weight is 324 g/mol. The Labute approximate surface area is 134 Å². The fraction of sp³-hybridized carbons (Fsp3) is 0.533. The molecule has 0 aromatic heterocycles. The van der Waals surface area contributed by atoms with E-state index in [2.05, 4.69) is 0 Å². The zero-order valence-electron chi connectivity index (χ0n) is 13.0. The summed E-state index contributed by atoms with van der Waals surface area (Å²) in [4.78, 5) is 23.6. The molecule has 0 amide bonds. The summed E-state index contributed by atoms with van der Waals surface area (Å²) in [6.45, 7) is 4.47. The van der Waals surface area contributed by atoms with Gasteiger partial charge in [0.25, 0.3) is 5.69 Å². The van der Waals surface area contributed by atoms with Gasteiger partial charge in [-0.2, -0.15) is 0 Å². The van der Waals surface area contributed by atoms with Gasteiger partial charge in [-0.1, -0.05) is 0 Å². The molecule has 1 heterocycles. The number of non-ortho nitro benzene ring substituents is 1. The van der Waals surface area contributed by atoms with Crippen LogP contribution in [0.1, 0.15) is 6.92 Å². The van der Waals surface area contributed by atoms with Crippen LogP contribution in [0.15, 0.2) is 24.3 Å².